The summed E-state index contributed by atoms with van der Waals surface area (Å²) < 4.78 is 6.32. The average Bonchev–Trinajstić information content (AvgIpc) is 3.22. The quantitative estimate of drug-likeness (QED) is 0.0247. The van der Waals surface area contributed by atoms with Crippen LogP contribution in [0.4, 0.5) is 11.4 Å². The predicted octanol–water partition coefficient (Wildman–Crippen LogP) is 4.32. The van der Waals surface area contributed by atoms with Crippen LogP contribution < -0.4 is 10.6 Å². The van der Waals surface area contributed by atoms with Gasteiger partial charge in [0, 0.05) is 48.1 Å². The smallest absolute Gasteiger partial charge is 0.413 e. The number of hydroxylamine groups is 4. The molecule has 25 heteroatoms. The number of aliphatic hydroxyl groups is 1. The number of carbonyl (C=O) groups excluding carboxylic acids is 6. The van der Waals surface area contributed by atoms with E-state index in [1.54, 1.807) is 48.5 Å². The lowest BCUT2D eigenvalue weighted by Gasteiger charge is -2.45. The summed E-state index contributed by atoms with van der Waals surface area (Å²) in [5.41, 5.74) is 36.0. The third-order valence-electron chi connectivity index (χ3n) is 11.0. The highest BCUT2D eigenvalue weighted by atomic mass is 28.4. The van der Waals surface area contributed by atoms with Crippen LogP contribution in [-0.4, -0.2) is 118 Å². The topological polar surface area (TPSA) is 351 Å². The van der Waals surface area contributed by atoms with E-state index in [1.165, 1.54) is 21.0 Å². The molecule has 6 atom stereocenters. The Kier molecular flexibility index (Phi) is 18.7. The molecule has 4 amide bonds. The van der Waals surface area contributed by atoms with Crippen molar-refractivity contribution in [1.82, 2.24) is 20.8 Å². The number of nitrogens with one attached hydrogen (secondary N) is 2. The highest BCUT2D eigenvalue weighted by molar-refractivity contribution is 6.74. The molecule has 2 aromatic carbocycles. The first kappa shape index (κ1) is 52.4. The standard InChI is InChI=1S/C23H33N7O5Si.C17H19N7O5/c1-14(35-36(6,7)23(2,3)4)19-17(26-21(19)32)12-18(31)20(27-24)22(33)30(5)34-13-15-8-10-16(11-9-15)28-29-25;1-9(25)14-12(20-16(14)27)7-13(26)15(21-18)17(28)24(2)29-8-10-3-5-11(6-4-10)22-23-19/h8-11,14,17,19H,12-13H2,1-7H3,(H,26,32);3-6,9,12,14,25H,7-8H2,1-2H3,(H,20,27)/t14-,17-,19-;9-,12-,14-/m11/s1. The molecule has 2 saturated heterocycles. The van der Waals surface area contributed by atoms with Crippen LogP contribution >= 0.6 is 0 Å². The first-order valence-corrected chi connectivity index (χ1v) is 23.0. The zero-order valence-corrected chi connectivity index (χ0v) is 38.4. The van der Waals surface area contributed by atoms with Gasteiger partial charge in [-0.25, -0.2) is 10.1 Å². The summed E-state index contributed by atoms with van der Waals surface area (Å²) in [6.07, 6.45) is -1.90. The van der Waals surface area contributed by atoms with Gasteiger partial charge >= 0.3 is 23.2 Å². The number of aliphatic hydroxyl groups excluding tert-OH is 1. The van der Waals surface area contributed by atoms with Gasteiger partial charge in [0.25, 0.3) is 11.6 Å². The Balaban J connectivity index is 0.000000353. The van der Waals surface area contributed by atoms with Crippen LogP contribution in [0.5, 0.6) is 0 Å². The molecule has 0 unspecified atom stereocenters. The van der Waals surface area contributed by atoms with Crippen LogP contribution in [-0.2, 0) is 56.1 Å². The highest BCUT2D eigenvalue weighted by Gasteiger charge is 2.50. The fraction of sp³-hybridized carbons (Fsp3) is 0.500. The SMILES string of the molecule is C[C@@H](O)[C@H]1C(=O)N[C@@H]1CC(=O)C(=[N+]=[N-])C(=O)N(C)OCc1ccc(N=[N+]=[N-])cc1.C[C@@H](O[Si](C)(C)C(C)(C)C)[C@H]1C(=O)N[C@@H]1CC(=O)C(=[N+]=[N-])C(=O)N(C)OCc1ccc(N=[N+]=[N-])cc1. The first-order chi connectivity index (χ1) is 30.5. The number of carbonyl (C=O) groups is 6. The lowest BCUT2D eigenvalue weighted by atomic mass is 9.82. The second kappa shape index (κ2) is 23.2. The molecule has 346 valence electrons. The zero-order valence-electron chi connectivity index (χ0n) is 37.4. The predicted molar refractivity (Wildman–Crippen MR) is 232 cm³/mol. The number of hydrogen-bond acceptors (Lipinski definition) is 12. The van der Waals surface area contributed by atoms with E-state index in [9.17, 15) is 39.4 Å². The second-order valence-electron chi connectivity index (χ2n) is 16.6. The Hall–Kier alpha value is -6.90. The summed E-state index contributed by atoms with van der Waals surface area (Å²) in [6, 6.07) is 11.7. The molecule has 0 spiro atoms. The monoisotopic (exact) mass is 916 g/mol. The van der Waals surface area contributed by atoms with Gasteiger partial charge in [0.2, 0.25) is 11.8 Å². The van der Waals surface area contributed by atoms with Gasteiger partial charge in [0.05, 0.1) is 36.1 Å². The maximum absolute atomic E-state index is 12.8. The number of hydrogen-bond donors (Lipinski definition) is 3. The summed E-state index contributed by atoms with van der Waals surface area (Å²) in [7, 11) is 0.393. The number of nitrogens with zero attached hydrogens (tertiary/aromatic N) is 12. The lowest BCUT2D eigenvalue weighted by molar-refractivity contribution is -0.179. The van der Waals surface area contributed by atoms with E-state index >= 15 is 0 Å². The number of benzene rings is 2. The van der Waals surface area contributed by atoms with E-state index in [4.69, 9.17) is 30.7 Å². The molecular formula is C40H52N14O10Si. The molecule has 0 aromatic heterocycles. The zero-order chi connectivity index (χ0) is 48.8. The molecule has 2 heterocycles. The number of β-lactam (4-membered cyclic amide) rings is 2. The molecule has 2 aliphatic heterocycles. The Morgan fingerprint density at radius 3 is 1.40 bits per heavy atom. The van der Waals surface area contributed by atoms with Gasteiger partial charge in [0.1, 0.15) is 13.2 Å². The van der Waals surface area contributed by atoms with Crippen LogP contribution in [0.25, 0.3) is 31.9 Å². The van der Waals surface area contributed by atoms with Crippen LogP contribution in [0, 0.1) is 11.8 Å². The minimum atomic E-state index is -2.15. The minimum absolute atomic E-state index is 0.0191. The largest absolute Gasteiger partial charge is 0.424 e. The van der Waals surface area contributed by atoms with Gasteiger partial charge in [-0.15, -0.1) is 0 Å². The molecule has 4 rings (SSSR count). The number of amides is 4. The molecule has 0 bridgehead atoms. The number of azide groups is 2. The van der Waals surface area contributed by atoms with Crippen molar-refractivity contribution in [2.75, 3.05) is 14.1 Å². The van der Waals surface area contributed by atoms with Crippen LogP contribution in [0.3, 0.4) is 0 Å². The Bertz CT molecular complexity index is 2330. The fourth-order valence-corrected chi connectivity index (χ4v) is 7.71. The van der Waals surface area contributed by atoms with E-state index in [1.807, 2.05) is 6.92 Å². The summed E-state index contributed by atoms with van der Waals surface area (Å²) in [5, 5.41) is 23.1. The van der Waals surface area contributed by atoms with E-state index < -0.39 is 85.2 Å². The van der Waals surface area contributed by atoms with Crippen molar-refractivity contribution in [3.8, 4) is 0 Å². The maximum atomic E-state index is 12.8. The van der Waals surface area contributed by atoms with Gasteiger partial charge in [-0.2, -0.15) is 9.58 Å². The Morgan fingerprint density at radius 2 is 1.09 bits per heavy atom. The first-order valence-electron chi connectivity index (χ1n) is 20.1. The molecule has 24 nitrogen and oxygen atoms in total. The van der Waals surface area contributed by atoms with Crippen LogP contribution in [0.15, 0.2) is 58.8 Å². The van der Waals surface area contributed by atoms with E-state index in [-0.39, 0.29) is 37.0 Å². The average molecular weight is 917 g/mol. The third kappa shape index (κ3) is 14.0. The van der Waals surface area contributed by atoms with Gasteiger partial charge in [0.15, 0.2) is 8.32 Å². The normalized spacial score (nSPS) is 18.2. The molecule has 2 aliphatic rings. The Morgan fingerprint density at radius 1 is 0.723 bits per heavy atom. The Labute approximate surface area is 374 Å². The van der Waals surface area contributed by atoms with E-state index in [2.05, 4.69) is 74.1 Å². The fourth-order valence-electron chi connectivity index (χ4n) is 6.28. The van der Waals surface area contributed by atoms with Gasteiger partial charge in [-0.05, 0) is 54.2 Å². The summed E-state index contributed by atoms with van der Waals surface area (Å²) >= 11 is 0. The van der Waals surface area contributed by atoms with Crippen LogP contribution in [0.1, 0.15) is 58.6 Å². The third-order valence-corrected chi connectivity index (χ3v) is 15.6. The molecule has 0 aliphatic carbocycles. The van der Waals surface area contributed by atoms with Crippen molar-refractivity contribution >= 4 is 66.3 Å². The molecule has 0 saturated carbocycles. The summed E-state index contributed by atoms with van der Waals surface area (Å²) in [6.45, 7) is 13.6. The van der Waals surface area contributed by atoms with Crippen LogP contribution in [0.2, 0.25) is 18.1 Å². The van der Waals surface area contributed by atoms with Crippen molar-refractivity contribution in [2.45, 2.75) is 103 Å². The summed E-state index contributed by atoms with van der Waals surface area (Å²) in [4.78, 5) is 95.5. The number of rotatable bonds is 20. The van der Waals surface area contributed by atoms with Crippen molar-refractivity contribution in [3.63, 3.8) is 0 Å². The van der Waals surface area contributed by atoms with Crippen molar-refractivity contribution < 1.29 is 57.6 Å². The number of Topliss-reactive ketones (excluding diaryl/α,β-unsaturated/α-hetero) is 2. The van der Waals surface area contributed by atoms with Gasteiger partial charge in [-0.1, -0.05) is 79.5 Å². The molecule has 2 fully saturated rings. The molecule has 3 N–H and O–H groups in total. The highest BCUT2D eigenvalue weighted by Crippen LogP contribution is 2.39. The van der Waals surface area contributed by atoms with E-state index in [0.717, 1.165) is 10.1 Å². The number of ketones is 2. The molecule has 2 aromatic rings. The second-order valence-corrected chi connectivity index (χ2v) is 21.4. The van der Waals surface area contributed by atoms with Gasteiger partial charge < -0.3 is 31.2 Å². The minimum Gasteiger partial charge on any atom is -0.413 e. The lowest BCUT2D eigenvalue weighted by Crippen LogP contribution is -2.64. The van der Waals surface area contributed by atoms with E-state index in [0.29, 0.717) is 22.5 Å². The van der Waals surface area contributed by atoms with Crippen molar-refractivity contribution in [2.24, 2.45) is 22.1 Å². The molecule has 65 heavy (non-hydrogen) atoms. The maximum Gasteiger partial charge on any atom is 0.424 e. The molecular weight excluding hydrogens is 865 g/mol. The summed E-state index contributed by atoms with van der Waals surface area (Å²) in [5.74, 6) is -5.37. The molecule has 0 radical (unpaired) electrons. The van der Waals surface area contributed by atoms with Crippen molar-refractivity contribution in [1.29, 1.82) is 0 Å². The van der Waals surface area contributed by atoms with Gasteiger partial charge in [-0.3, -0.25) is 38.4 Å². The van der Waals surface area contributed by atoms with Crippen molar-refractivity contribution in [3.05, 3.63) is 91.6 Å².